The number of carbonyl (C=O) groups is 2. The minimum Gasteiger partial charge on any atom is -0.493 e. The van der Waals surface area contributed by atoms with Crippen molar-refractivity contribution >= 4 is 22.7 Å². The monoisotopic (exact) mass is 513 g/mol. The number of methoxy groups -OCH3 is 1. The number of para-hydroxylation sites is 1. The van der Waals surface area contributed by atoms with E-state index >= 15 is 0 Å². The van der Waals surface area contributed by atoms with Gasteiger partial charge in [-0.05, 0) is 54.8 Å². The maximum atomic E-state index is 14.1. The highest BCUT2D eigenvalue weighted by atomic mass is 16.5. The van der Waals surface area contributed by atoms with E-state index in [0.29, 0.717) is 30.4 Å². The lowest BCUT2D eigenvalue weighted by Crippen LogP contribution is -2.67. The average Bonchev–Trinajstić information content (AvgIpc) is 3.59. The number of fused-ring (bicyclic) bond motifs is 5. The largest absolute Gasteiger partial charge is 0.493 e. The summed E-state index contributed by atoms with van der Waals surface area (Å²) >= 11 is 0. The van der Waals surface area contributed by atoms with Crippen LogP contribution in [0.4, 0.5) is 0 Å². The highest BCUT2D eigenvalue weighted by molar-refractivity contribution is 6.01. The van der Waals surface area contributed by atoms with Crippen LogP contribution in [-0.4, -0.2) is 53.4 Å². The van der Waals surface area contributed by atoms with E-state index in [1.807, 2.05) is 49.4 Å². The number of hydrogen-bond acceptors (Lipinski definition) is 5. The van der Waals surface area contributed by atoms with E-state index in [1.165, 1.54) is 0 Å². The number of H-pyrrole nitrogens is 1. The molecular weight excluding hydrogens is 482 g/mol. The molecule has 1 fully saturated rings. The molecule has 2 aromatic heterocycles. The quantitative estimate of drug-likeness (QED) is 0.384. The lowest BCUT2D eigenvalue weighted by atomic mass is 9.76. The molecule has 0 saturated carbocycles. The molecule has 8 nitrogen and oxygen atoms in total. The van der Waals surface area contributed by atoms with Gasteiger partial charge in [0.05, 0.1) is 32.2 Å². The van der Waals surface area contributed by atoms with Gasteiger partial charge in [-0.3, -0.25) is 9.59 Å². The van der Waals surface area contributed by atoms with Crippen LogP contribution >= 0.6 is 0 Å². The first-order valence-corrected chi connectivity index (χ1v) is 13.0. The Bertz CT molecular complexity index is 1510. The molecule has 2 amide bonds. The third-order valence-electron chi connectivity index (χ3n) is 7.80. The standard InChI is InChI=1S/C30H31N3O5/c1-4-13-38-24-12-11-19(15-25(24)36-3)22-17-33-26(34)18-32(16-20-8-7-14-37-20)29(35)30(33,2)28-27(22)21-9-5-6-10-23(21)31-28/h5-12,14-15,22,31H,4,13,16-18H2,1-3H3/t22-,30+/m1/s1. The summed E-state index contributed by atoms with van der Waals surface area (Å²) in [5, 5.41) is 1.04. The number of aromatic amines is 1. The summed E-state index contributed by atoms with van der Waals surface area (Å²) in [4.78, 5) is 34.6. The Labute approximate surface area is 221 Å². The Balaban J connectivity index is 1.48. The number of benzene rings is 2. The normalized spacial score (nSPS) is 21.0. The van der Waals surface area contributed by atoms with Crippen molar-refractivity contribution in [3.05, 3.63) is 83.4 Å². The zero-order chi connectivity index (χ0) is 26.4. The molecule has 0 radical (unpaired) electrons. The number of nitrogens with zero attached hydrogens (tertiary/aromatic N) is 2. The molecule has 1 saturated heterocycles. The molecule has 2 atom stereocenters. The first kappa shape index (κ1) is 24.2. The van der Waals surface area contributed by atoms with Gasteiger partial charge in [-0.1, -0.05) is 31.2 Å². The van der Waals surface area contributed by atoms with Gasteiger partial charge in [0.1, 0.15) is 12.3 Å². The Morgan fingerprint density at radius 3 is 2.71 bits per heavy atom. The minimum atomic E-state index is -1.17. The fourth-order valence-electron chi connectivity index (χ4n) is 5.93. The number of amides is 2. The van der Waals surface area contributed by atoms with Gasteiger partial charge in [0, 0.05) is 23.4 Å². The van der Waals surface area contributed by atoms with Crippen LogP contribution in [-0.2, 0) is 21.7 Å². The van der Waals surface area contributed by atoms with Crippen LogP contribution in [0.1, 0.15) is 48.8 Å². The van der Waals surface area contributed by atoms with Crippen LogP contribution in [0.25, 0.3) is 10.9 Å². The molecule has 1 N–H and O–H groups in total. The molecule has 0 bridgehead atoms. The number of aromatic nitrogens is 1. The molecule has 4 aromatic rings. The predicted molar refractivity (Wildman–Crippen MR) is 142 cm³/mol. The third kappa shape index (κ3) is 3.66. The maximum absolute atomic E-state index is 14.1. The van der Waals surface area contributed by atoms with Gasteiger partial charge in [-0.15, -0.1) is 0 Å². The van der Waals surface area contributed by atoms with Gasteiger partial charge < -0.3 is 28.7 Å². The van der Waals surface area contributed by atoms with Crippen molar-refractivity contribution < 1.29 is 23.5 Å². The van der Waals surface area contributed by atoms with E-state index in [4.69, 9.17) is 13.9 Å². The molecule has 4 heterocycles. The zero-order valence-electron chi connectivity index (χ0n) is 21.8. The van der Waals surface area contributed by atoms with Crippen molar-refractivity contribution in [2.24, 2.45) is 0 Å². The molecule has 8 heteroatoms. The molecular formula is C30H31N3O5. The van der Waals surface area contributed by atoms with Crippen molar-refractivity contribution in [3.63, 3.8) is 0 Å². The lowest BCUT2D eigenvalue weighted by Gasteiger charge is -2.51. The predicted octanol–water partition coefficient (Wildman–Crippen LogP) is 4.79. The number of ether oxygens (including phenoxy) is 2. The second-order valence-corrected chi connectivity index (χ2v) is 10.1. The smallest absolute Gasteiger partial charge is 0.255 e. The summed E-state index contributed by atoms with van der Waals surface area (Å²) in [6, 6.07) is 17.6. The zero-order valence-corrected chi connectivity index (χ0v) is 21.8. The van der Waals surface area contributed by atoms with Crippen molar-refractivity contribution in [2.75, 3.05) is 26.8 Å². The van der Waals surface area contributed by atoms with E-state index in [9.17, 15) is 9.59 Å². The highest BCUT2D eigenvalue weighted by Gasteiger charge is 2.56. The Morgan fingerprint density at radius 2 is 1.95 bits per heavy atom. The van der Waals surface area contributed by atoms with Crippen molar-refractivity contribution in [1.82, 2.24) is 14.8 Å². The van der Waals surface area contributed by atoms with Crippen LogP contribution in [0.2, 0.25) is 0 Å². The first-order chi connectivity index (χ1) is 18.5. The van der Waals surface area contributed by atoms with Gasteiger partial charge in [-0.2, -0.15) is 0 Å². The molecule has 2 aliphatic heterocycles. The molecule has 6 rings (SSSR count). The van der Waals surface area contributed by atoms with E-state index in [1.54, 1.807) is 29.2 Å². The number of hydrogen-bond donors (Lipinski definition) is 1. The van der Waals surface area contributed by atoms with Crippen LogP contribution in [0.5, 0.6) is 11.5 Å². The topological polar surface area (TPSA) is 88.0 Å². The van der Waals surface area contributed by atoms with E-state index in [0.717, 1.165) is 34.1 Å². The van der Waals surface area contributed by atoms with Gasteiger partial charge in [0.15, 0.2) is 17.0 Å². The second kappa shape index (κ2) is 9.28. The number of carbonyl (C=O) groups excluding carboxylic acids is 2. The van der Waals surface area contributed by atoms with Crippen molar-refractivity contribution in [3.8, 4) is 11.5 Å². The number of piperazine rings is 1. The van der Waals surface area contributed by atoms with Gasteiger partial charge in [0.2, 0.25) is 5.91 Å². The lowest BCUT2D eigenvalue weighted by molar-refractivity contribution is -0.167. The average molecular weight is 514 g/mol. The van der Waals surface area contributed by atoms with E-state index in [-0.39, 0.29) is 30.8 Å². The minimum absolute atomic E-state index is 0.00449. The van der Waals surface area contributed by atoms with E-state index < -0.39 is 5.54 Å². The molecule has 2 aromatic carbocycles. The van der Waals surface area contributed by atoms with Crippen LogP contribution in [0.3, 0.4) is 0 Å². The first-order valence-electron chi connectivity index (χ1n) is 13.0. The second-order valence-electron chi connectivity index (χ2n) is 10.1. The summed E-state index contributed by atoms with van der Waals surface area (Å²) in [5.41, 5.74) is 2.55. The molecule has 38 heavy (non-hydrogen) atoms. The molecule has 0 spiro atoms. The van der Waals surface area contributed by atoms with Crippen LogP contribution in [0, 0.1) is 0 Å². The molecule has 2 aliphatic rings. The highest BCUT2D eigenvalue weighted by Crippen LogP contribution is 2.49. The maximum Gasteiger partial charge on any atom is 0.255 e. The van der Waals surface area contributed by atoms with Crippen molar-refractivity contribution in [2.45, 2.75) is 38.3 Å². The Kier molecular flexibility index (Phi) is 5.90. The summed E-state index contributed by atoms with van der Waals surface area (Å²) in [6.45, 7) is 5.14. The number of furan rings is 1. The van der Waals surface area contributed by atoms with Crippen LogP contribution < -0.4 is 9.47 Å². The van der Waals surface area contributed by atoms with Crippen molar-refractivity contribution in [1.29, 1.82) is 0 Å². The van der Waals surface area contributed by atoms with E-state index in [2.05, 4.69) is 18.0 Å². The summed E-state index contributed by atoms with van der Waals surface area (Å²) in [7, 11) is 1.63. The van der Waals surface area contributed by atoms with Gasteiger partial charge >= 0.3 is 0 Å². The Morgan fingerprint density at radius 1 is 1.11 bits per heavy atom. The van der Waals surface area contributed by atoms with Gasteiger partial charge in [-0.25, -0.2) is 0 Å². The SMILES string of the molecule is CCCOc1ccc([C@H]2CN3C(=O)CN(Cc4ccco4)C(=O)[C@]3(C)c3[nH]c4ccccc4c32)cc1OC. The number of nitrogens with one attached hydrogen (secondary N) is 1. The third-order valence-corrected chi connectivity index (χ3v) is 7.80. The summed E-state index contributed by atoms with van der Waals surface area (Å²) in [6.07, 6.45) is 2.47. The fourth-order valence-corrected chi connectivity index (χ4v) is 5.93. The fraction of sp³-hybridized carbons (Fsp3) is 0.333. The summed E-state index contributed by atoms with van der Waals surface area (Å²) < 4.78 is 17.0. The molecule has 196 valence electrons. The molecule has 0 unspecified atom stereocenters. The Hall–Kier alpha value is -4.20. The number of rotatable bonds is 7. The van der Waals surface area contributed by atoms with Gasteiger partial charge in [0.25, 0.3) is 5.91 Å². The summed E-state index contributed by atoms with van der Waals surface area (Å²) in [5.74, 6) is 1.61. The molecule has 0 aliphatic carbocycles. The van der Waals surface area contributed by atoms with Crippen LogP contribution in [0.15, 0.2) is 65.3 Å².